The van der Waals surface area contributed by atoms with E-state index in [0.717, 1.165) is 16.4 Å². The largest absolute Gasteiger partial charge is 0.298 e. The van der Waals surface area contributed by atoms with Crippen LogP contribution in [0.4, 0.5) is 0 Å². The summed E-state index contributed by atoms with van der Waals surface area (Å²) in [7, 11) is 0. The zero-order valence-corrected chi connectivity index (χ0v) is 9.80. The molecule has 14 heavy (non-hydrogen) atoms. The van der Waals surface area contributed by atoms with Gasteiger partial charge >= 0.3 is 0 Å². The normalized spacial score (nSPS) is 10.7. The van der Waals surface area contributed by atoms with Gasteiger partial charge in [0.1, 0.15) is 0 Å². The fourth-order valence-corrected chi connectivity index (χ4v) is 3.52. The van der Waals surface area contributed by atoms with Gasteiger partial charge in [0.25, 0.3) is 0 Å². The molecule has 0 saturated carbocycles. The molecule has 0 atom stereocenters. The van der Waals surface area contributed by atoms with E-state index in [-0.39, 0.29) is 0 Å². The molecule has 0 radical (unpaired) electrons. The van der Waals surface area contributed by atoms with Crippen LogP contribution in [-0.4, -0.2) is 12.5 Å². The summed E-state index contributed by atoms with van der Waals surface area (Å²) in [6.07, 6.45) is 2.87. The van der Waals surface area contributed by atoms with E-state index in [1.807, 2.05) is 23.8 Å². The molecule has 1 aromatic carbocycles. The molecule has 0 aliphatic rings. The average Bonchev–Trinajstić information content (AvgIpc) is 2.60. The number of aldehydes is 1. The van der Waals surface area contributed by atoms with E-state index >= 15 is 0 Å². The average molecular weight is 243 g/mol. The maximum Gasteiger partial charge on any atom is 0.150 e. The molecular weight excluding hydrogens is 236 g/mol. The van der Waals surface area contributed by atoms with Crippen LogP contribution >= 0.6 is 34.7 Å². The van der Waals surface area contributed by atoms with Crippen molar-refractivity contribution in [3.8, 4) is 0 Å². The fraction of sp³-hybridized carbons (Fsp3) is 0.100. The number of thioether (sulfide) groups is 1. The molecule has 0 amide bonds. The first-order chi connectivity index (χ1) is 6.77. The van der Waals surface area contributed by atoms with Gasteiger partial charge in [0.15, 0.2) is 6.29 Å². The second-order valence-corrected chi connectivity index (χ2v) is 4.90. The maximum absolute atomic E-state index is 10.8. The van der Waals surface area contributed by atoms with Crippen molar-refractivity contribution in [3.63, 3.8) is 0 Å². The van der Waals surface area contributed by atoms with Crippen molar-refractivity contribution < 1.29 is 4.79 Å². The van der Waals surface area contributed by atoms with Gasteiger partial charge in [-0.3, -0.25) is 4.79 Å². The van der Waals surface area contributed by atoms with Crippen LogP contribution in [0.15, 0.2) is 22.4 Å². The van der Waals surface area contributed by atoms with Crippen LogP contribution in [0.3, 0.4) is 0 Å². The maximum atomic E-state index is 10.8. The standard InChI is InChI=1S/C10H7ClOS2/c1-13-8-3-2-6(4-12)9-7(11)5-14-10(8)9/h2-5H,1H3. The van der Waals surface area contributed by atoms with E-state index in [1.165, 1.54) is 4.90 Å². The first kappa shape index (κ1) is 10.0. The Morgan fingerprint density at radius 1 is 1.50 bits per heavy atom. The van der Waals surface area contributed by atoms with E-state index in [9.17, 15) is 4.79 Å². The SMILES string of the molecule is CSc1ccc(C=O)c2c(Cl)csc12. The number of hydrogen-bond acceptors (Lipinski definition) is 3. The van der Waals surface area contributed by atoms with E-state index in [4.69, 9.17) is 11.6 Å². The van der Waals surface area contributed by atoms with Crippen molar-refractivity contribution in [3.05, 3.63) is 28.1 Å². The predicted molar refractivity (Wildman–Crippen MR) is 64.0 cm³/mol. The zero-order valence-electron chi connectivity index (χ0n) is 7.41. The number of thiophene rings is 1. The number of benzene rings is 1. The molecule has 0 saturated heterocycles. The summed E-state index contributed by atoms with van der Waals surface area (Å²) >= 11 is 9.28. The van der Waals surface area contributed by atoms with Crippen LogP contribution in [0.5, 0.6) is 0 Å². The number of fused-ring (bicyclic) bond motifs is 1. The van der Waals surface area contributed by atoms with Gasteiger partial charge in [-0.15, -0.1) is 23.1 Å². The second-order valence-electron chi connectivity index (χ2n) is 2.76. The molecule has 0 bridgehead atoms. The van der Waals surface area contributed by atoms with Crippen LogP contribution in [0.25, 0.3) is 10.1 Å². The number of carbonyl (C=O) groups is 1. The Kier molecular flexibility index (Phi) is 2.81. The minimum absolute atomic E-state index is 0.669. The number of hydrogen-bond donors (Lipinski definition) is 0. The minimum atomic E-state index is 0.669. The quantitative estimate of drug-likeness (QED) is 0.583. The summed E-state index contributed by atoms with van der Waals surface area (Å²) in [5.74, 6) is 0. The molecule has 0 N–H and O–H groups in total. The van der Waals surface area contributed by atoms with Gasteiger partial charge in [-0.1, -0.05) is 11.6 Å². The number of carbonyl (C=O) groups excluding carboxylic acids is 1. The minimum Gasteiger partial charge on any atom is -0.298 e. The van der Waals surface area contributed by atoms with E-state index in [1.54, 1.807) is 23.1 Å². The molecule has 1 nitrogen and oxygen atoms in total. The lowest BCUT2D eigenvalue weighted by molar-refractivity contribution is 0.112. The molecule has 2 rings (SSSR count). The van der Waals surface area contributed by atoms with Gasteiger partial charge < -0.3 is 0 Å². The summed E-state index contributed by atoms with van der Waals surface area (Å²) in [6, 6.07) is 3.78. The summed E-state index contributed by atoms with van der Waals surface area (Å²) in [5, 5.41) is 3.43. The zero-order chi connectivity index (χ0) is 10.1. The van der Waals surface area contributed by atoms with Crippen LogP contribution in [0, 0.1) is 0 Å². The fourth-order valence-electron chi connectivity index (χ4n) is 1.37. The Hall–Kier alpha value is -0.510. The summed E-state index contributed by atoms with van der Waals surface area (Å²) in [5.41, 5.74) is 0.670. The Morgan fingerprint density at radius 2 is 2.29 bits per heavy atom. The Bertz CT molecular complexity index is 490. The lowest BCUT2D eigenvalue weighted by atomic mass is 10.1. The number of rotatable bonds is 2. The first-order valence-corrected chi connectivity index (χ1v) is 6.45. The van der Waals surface area contributed by atoms with E-state index in [0.29, 0.717) is 10.6 Å². The van der Waals surface area contributed by atoms with Crippen LogP contribution in [0.2, 0.25) is 5.02 Å². The van der Waals surface area contributed by atoms with Crippen LogP contribution < -0.4 is 0 Å². The second kappa shape index (κ2) is 3.93. The first-order valence-electron chi connectivity index (χ1n) is 3.96. The molecule has 1 heterocycles. The van der Waals surface area contributed by atoms with Gasteiger partial charge in [0.2, 0.25) is 0 Å². The highest BCUT2D eigenvalue weighted by Crippen LogP contribution is 2.37. The van der Waals surface area contributed by atoms with Crippen molar-refractivity contribution in [1.82, 2.24) is 0 Å². The monoisotopic (exact) mass is 242 g/mol. The molecule has 1 aromatic heterocycles. The lowest BCUT2D eigenvalue weighted by Crippen LogP contribution is -1.82. The number of halogens is 1. The summed E-state index contributed by atoms with van der Waals surface area (Å²) < 4.78 is 1.10. The summed E-state index contributed by atoms with van der Waals surface area (Å²) in [4.78, 5) is 12.0. The molecule has 0 aliphatic heterocycles. The third-order valence-corrected chi connectivity index (χ3v) is 4.37. The third kappa shape index (κ3) is 1.45. The van der Waals surface area contributed by atoms with E-state index in [2.05, 4.69) is 0 Å². The third-order valence-electron chi connectivity index (χ3n) is 2.02. The molecule has 2 aromatic rings. The van der Waals surface area contributed by atoms with Gasteiger partial charge in [0.05, 0.1) is 9.72 Å². The van der Waals surface area contributed by atoms with Crippen LogP contribution in [-0.2, 0) is 0 Å². The Balaban J connectivity index is 2.87. The van der Waals surface area contributed by atoms with E-state index < -0.39 is 0 Å². The molecule has 0 aliphatic carbocycles. The molecule has 72 valence electrons. The molecular formula is C10H7ClOS2. The topological polar surface area (TPSA) is 17.1 Å². The van der Waals surface area contributed by atoms with Crippen molar-refractivity contribution in [2.24, 2.45) is 0 Å². The molecule has 0 unspecified atom stereocenters. The highest BCUT2D eigenvalue weighted by molar-refractivity contribution is 7.99. The van der Waals surface area contributed by atoms with Gasteiger partial charge in [-0.25, -0.2) is 0 Å². The van der Waals surface area contributed by atoms with Gasteiger partial charge in [0, 0.05) is 21.2 Å². The lowest BCUT2D eigenvalue weighted by Gasteiger charge is -2.00. The highest BCUT2D eigenvalue weighted by atomic mass is 35.5. The van der Waals surface area contributed by atoms with Gasteiger partial charge in [-0.2, -0.15) is 0 Å². The van der Waals surface area contributed by atoms with Crippen molar-refractivity contribution >= 4 is 51.1 Å². The van der Waals surface area contributed by atoms with Crippen molar-refractivity contribution in [1.29, 1.82) is 0 Å². The molecule has 4 heteroatoms. The molecule has 0 fully saturated rings. The van der Waals surface area contributed by atoms with Gasteiger partial charge in [-0.05, 0) is 18.4 Å². The van der Waals surface area contributed by atoms with Crippen LogP contribution in [0.1, 0.15) is 10.4 Å². The summed E-state index contributed by atoms with van der Waals surface area (Å²) in [6.45, 7) is 0. The highest BCUT2D eigenvalue weighted by Gasteiger charge is 2.10. The molecule has 0 spiro atoms. The van der Waals surface area contributed by atoms with Crippen molar-refractivity contribution in [2.75, 3.05) is 6.26 Å². The Labute approximate surface area is 95.1 Å². The smallest absolute Gasteiger partial charge is 0.150 e. The van der Waals surface area contributed by atoms with Crippen molar-refractivity contribution in [2.45, 2.75) is 4.90 Å². The Morgan fingerprint density at radius 3 is 2.93 bits per heavy atom. The predicted octanol–water partition coefficient (Wildman–Crippen LogP) is 4.09.